The largest absolute Gasteiger partial charge is 0.497 e. The highest BCUT2D eigenvalue weighted by molar-refractivity contribution is 6.02. The first-order valence-corrected chi connectivity index (χ1v) is 15.7. The Kier molecular flexibility index (Phi) is 9.92. The van der Waals surface area contributed by atoms with Crippen LogP contribution in [0, 0.1) is 11.3 Å². The number of hydrogen-bond donors (Lipinski definition) is 2. The van der Waals surface area contributed by atoms with Gasteiger partial charge in [0.15, 0.2) is 5.82 Å². The number of rotatable bonds is 13. The number of aromatic amines is 1. The molecule has 2 aromatic heterocycles. The van der Waals surface area contributed by atoms with Gasteiger partial charge in [-0.25, -0.2) is 0 Å². The number of para-hydroxylation sites is 1. The van der Waals surface area contributed by atoms with Crippen LogP contribution in [0.3, 0.4) is 0 Å². The maximum Gasteiger partial charge on any atom is 0.262 e. The number of nitrogens with zero attached hydrogens (tertiary/aromatic N) is 4. The SMILES string of the molecule is COc1ccc(/C=C(\C#N)C(=O)N[C@H](Cc2c[nH]c3ccccc23)c2nnc(CCc3ccccc3)n2Cc2ccc(OC)cc2)cc1. The van der Waals surface area contributed by atoms with Gasteiger partial charge in [-0.3, -0.25) is 4.79 Å². The third kappa shape index (κ3) is 7.45. The molecule has 9 heteroatoms. The van der Waals surface area contributed by atoms with Crippen molar-refractivity contribution in [3.05, 3.63) is 149 Å². The van der Waals surface area contributed by atoms with Crippen LogP contribution >= 0.6 is 0 Å². The number of nitriles is 1. The van der Waals surface area contributed by atoms with E-state index >= 15 is 0 Å². The lowest BCUT2D eigenvalue weighted by Gasteiger charge is -2.20. The molecule has 240 valence electrons. The first-order chi connectivity index (χ1) is 23.5. The summed E-state index contributed by atoms with van der Waals surface area (Å²) in [6, 6.07) is 34.9. The molecule has 9 nitrogen and oxygen atoms in total. The number of carbonyl (C=O) groups is 1. The molecule has 0 saturated heterocycles. The summed E-state index contributed by atoms with van der Waals surface area (Å²) < 4.78 is 12.7. The quantitative estimate of drug-likeness (QED) is 0.109. The van der Waals surface area contributed by atoms with Gasteiger partial charge in [-0.05, 0) is 65.1 Å². The van der Waals surface area contributed by atoms with Crippen LogP contribution in [-0.2, 0) is 30.6 Å². The third-order valence-electron chi connectivity index (χ3n) is 8.34. The zero-order valence-electron chi connectivity index (χ0n) is 26.9. The van der Waals surface area contributed by atoms with Crippen molar-refractivity contribution in [1.29, 1.82) is 5.26 Å². The maximum absolute atomic E-state index is 13.8. The Hall–Kier alpha value is -6.14. The van der Waals surface area contributed by atoms with Gasteiger partial charge in [0.2, 0.25) is 0 Å². The van der Waals surface area contributed by atoms with Gasteiger partial charge in [0.25, 0.3) is 5.91 Å². The van der Waals surface area contributed by atoms with E-state index in [1.165, 1.54) is 5.56 Å². The van der Waals surface area contributed by atoms with E-state index in [0.717, 1.165) is 40.0 Å². The van der Waals surface area contributed by atoms with Crippen molar-refractivity contribution < 1.29 is 14.3 Å². The maximum atomic E-state index is 13.8. The molecule has 6 rings (SSSR count). The molecule has 4 aromatic carbocycles. The number of nitrogens with one attached hydrogen (secondary N) is 2. The molecule has 0 aliphatic rings. The topological polar surface area (TPSA) is 118 Å². The molecule has 0 fully saturated rings. The van der Waals surface area contributed by atoms with E-state index in [1.54, 1.807) is 44.6 Å². The molecule has 48 heavy (non-hydrogen) atoms. The second-order valence-corrected chi connectivity index (χ2v) is 11.4. The van der Waals surface area contributed by atoms with E-state index < -0.39 is 11.9 Å². The minimum Gasteiger partial charge on any atom is -0.497 e. The highest BCUT2D eigenvalue weighted by atomic mass is 16.5. The van der Waals surface area contributed by atoms with Gasteiger partial charge in [-0.15, -0.1) is 10.2 Å². The van der Waals surface area contributed by atoms with Crippen molar-refractivity contribution in [2.75, 3.05) is 14.2 Å². The average molecular weight is 637 g/mol. The number of hydrogen-bond acceptors (Lipinski definition) is 6. The summed E-state index contributed by atoms with van der Waals surface area (Å²) in [5.41, 5.74) is 4.93. The molecule has 0 bridgehead atoms. The lowest BCUT2D eigenvalue weighted by atomic mass is 10.0. The monoisotopic (exact) mass is 636 g/mol. The summed E-state index contributed by atoms with van der Waals surface area (Å²) in [7, 11) is 3.23. The number of H-pyrrole nitrogens is 1. The fourth-order valence-corrected chi connectivity index (χ4v) is 5.76. The van der Waals surface area contributed by atoms with E-state index in [9.17, 15) is 10.1 Å². The summed E-state index contributed by atoms with van der Waals surface area (Å²) in [6.07, 6.45) is 5.40. The third-order valence-corrected chi connectivity index (χ3v) is 8.34. The normalized spacial score (nSPS) is 12.0. The predicted octanol–water partition coefficient (Wildman–Crippen LogP) is 6.62. The Morgan fingerprint density at radius 2 is 1.56 bits per heavy atom. The minimum absolute atomic E-state index is 0.0189. The van der Waals surface area contributed by atoms with Gasteiger partial charge in [-0.1, -0.05) is 72.8 Å². The van der Waals surface area contributed by atoms with E-state index in [0.29, 0.717) is 36.5 Å². The smallest absolute Gasteiger partial charge is 0.262 e. The molecule has 6 aromatic rings. The fourth-order valence-electron chi connectivity index (χ4n) is 5.76. The molecule has 0 aliphatic carbocycles. The van der Waals surface area contributed by atoms with Crippen LogP contribution < -0.4 is 14.8 Å². The first kappa shape index (κ1) is 31.8. The molecular formula is C39H36N6O3. The summed E-state index contributed by atoms with van der Waals surface area (Å²) >= 11 is 0. The summed E-state index contributed by atoms with van der Waals surface area (Å²) in [6.45, 7) is 0.490. The van der Waals surface area contributed by atoms with Crippen molar-refractivity contribution in [2.24, 2.45) is 0 Å². The standard InChI is InChI=1S/C39H36N6O3/c1-47-32-17-12-28(13-18-32)22-30(24-40)39(46)42-36(23-31-25-41-35-11-7-6-10-34(31)35)38-44-43-37(21-16-27-8-4-3-5-9-27)45(38)26-29-14-19-33(48-2)20-15-29/h3-15,17-20,22,25,36,41H,16,21,23,26H2,1-2H3,(H,42,46)/b30-22+/t36-/m1/s1. The van der Waals surface area contributed by atoms with E-state index in [-0.39, 0.29) is 5.57 Å². The highest BCUT2D eigenvalue weighted by Gasteiger charge is 2.26. The zero-order valence-corrected chi connectivity index (χ0v) is 26.9. The second kappa shape index (κ2) is 15.0. The number of amides is 1. The number of aromatic nitrogens is 4. The lowest BCUT2D eigenvalue weighted by Crippen LogP contribution is -2.33. The van der Waals surface area contributed by atoms with E-state index in [4.69, 9.17) is 14.6 Å². The Morgan fingerprint density at radius 1 is 0.875 bits per heavy atom. The highest BCUT2D eigenvalue weighted by Crippen LogP contribution is 2.26. The van der Waals surface area contributed by atoms with Crippen LogP contribution in [0.2, 0.25) is 0 Å². The zero-order chi connectivity index (χ0) is 33.3. The molecule has 0 aliphatic heterocycles. The number of fused-ring (bicyclic) bond motifs is 1. The van der Waals surface area contributed by atoms with Crippen molar-refractivity contribution >= 4 is 22.9 Å². The Labute approximate surface area is 279 Å². The molecule has 0 saturated carbocycles. The van der Waals surface area contributed by atoms with Crippen LogP contribution in [0.15, 0.2) is 115 Å². The van der Waals surface area contributed by atoms with Gasteiger partial charge < -0.3 is 24.3 Å². The lowest BCUT2D eigenvalue weighted by molar-refractivity contribution is -0.117. The second-order valence-electron chi connectivity index (χ2n) is 11.4. The van der Waals surface area contributed by atoms with Crippen molar-refractivity contribution in [3.8, 4) is 17.6 Å². The molecule has 2 N–H and O–H groups in total. The average Bonchev–Trinajstić information content (AvgIpc) is 3.73. The summed E-state index contributed by atoms with van der Waals surface area (Å²) in [5.74, 6) is 2.37. The Bertz CT molecular complexity index is 2060. The molecule has 1 atom stereocenters. The van der Waals surface area contributed by atoms with Gasteiger partial charge >= 0.3 is 0 Å². The number of benzene rings is 4. The number of carbonyl (C=O) groups excluding carboxylic acids is 1. The van der Waals surface area contributed by atoms with Gasteiger partial charge in [0.1, 0.15) is 29.0 Å². The van der Waals surface area contributed by atoms with Crippen LogP contribution in [-0.4, -0.2) is 39.9 Å². The van der Waals surface area contributed by atoms with Gasteiger partial charge in [0, 0.05) is 29.9 Å². The van der Waals surface area contributed by atoms with Crippen LogP contribution in [0.5, 0.6) is 11.5 Å². The van der Waals surface area contributed by atoms with Crippen LogP contribution in [0.1, 0.15) is 39.9 Å². The van der Waals surface area contributed by atoms with Crippen LogP contribution in [0.25, 0.3) is 17.0 Å². The van der Waals surface area contributed by atoms with Gasteiger partial charge in [0.05, 0.1) is 26.8 Å². The van der Waals surface area contributed by atoms with Gasteiger partial charge in [-0.2, -0.15) is 5.26 Å². The molecule has 0 radical (unpaired) electrons. The van der Waals surface area contributed by atoms with E-state index in [1.807, 2.05) is 66.9 Å². The number of aryl methyl sites for hydroxylation is 2. The molecular weight excluding hydrogens is 600 g/mol. The minimum atomic E-state index is -0.597. The van der Waals surface area contributed by atoms with Crippen molar-refractivity contribution in [3.63, 3.8) is 0 Å². The number of methoxy groups -OCH3 is 2. The molecule has 0 spiro atoms. The van der Waals surface area contributed by atoms with Crippen molar-refractivity contribution in [2.45, 2.75) is 31.8 Å². The first-order valence-electron chi connectivity index (χ1n) is 15.7. The summed E-state index contributed by atoms with van der Waals surface area (Å²) in [5, 5.41) is 23.6. The van der Waals surface area contributed by atoms with E-state index in [2.05, 4.69) is 44.2 Å². The Balaban J connectivity index is 1.38. The molecule has 0 unspecified atom stereocenters. The Morgan fingerprint density at radius 3 is 2.27 bits per heavy atom. The van der Waals surface area contributed by atoms with Crippen LogP contribution in [0.4, 0.5) is 0 Å². The fraction of sp³-hybridized carbons (Fsp3) is 0.179. The molecule has 1 amide bonds. The number of ether oxygens (including phenoxy) is 2. The van der Waals surface area contributed by atoms with Crippen molar-refractivity contribution in [1.82, 2.24) is 25.1 Å². The predicted molar refractivity (Wildman–Crippen MR) is 185 cm³/mol. The summed E-state index contributed by atoms with van der Waals surface area (Å²) in [4.78, 5) is 17.2. The molecule has 2 heterocycles.